The van der Waals surface area contributed by atoms with Crippen molar-refractivity contribution in [1.29, 1.82) is 0 Å². The number of benzene rings is 2. The summed E-state index contributed by atoms with van der Waals surface area (Å²) in [5, 5.41) is 1.40. The molecule has 0 aliphatic heterocycles. The molecule has 2 aromatic rings. The number of hydrogen-bond acceptors (Lipinski definition) is 0. The molecule has 2 rings (SSSR count). The fourth-order valence-corrected chi connectivity index (χ4v) is 2.31. The fourth-order valence-electron chi connectivity index (χ4n) is 1.33. The molecule has 0 heterocycles. The average Bonchev–Trinajstić information content (AvgIpc) is 2.44. The first-order chi connectivity index (χ1) is 9.64. The van der Waals surface area contributed by atoms with Gasteiger partial charge in [-0.15, -0.1) is 6.07 Å². The first-order valence-electron chi connectivity index (χ1n) is 5.79. The summed E-state index contributed by atoms with van der Waals surface area (Å²) in [4.78, 5) is 0. The van der Waals surface area contributed by atoms with Crippen LogP contribution in [0.3, 0.4) is 0 Å². The van der Waals surface area contributed by atoms with Gasteiger partial charge in [-0.2, -0.15) is 0 Å². The van der Waals surface area contributed by atoms with Gasteiger partial charge in [-0.1, -0.05) is 43.5 Å². The zero-order chi connectivity index (χ0) is 16.2. The van der Waals surface area contributed by atoms with Crippen molar-refractivity contribution >= 4 is 18.5 Å². The second-order valence-electron chi connectivity index (χ2n) is 4.72. The number of rotatable bonds is 1. The predicted octanol–water partition coefficient (Wildman–Crippen LogP) is 4.20. The van der Waals surface area contributed by atoms with E-state index in [1.165, 1.54) is 5.30 Å². The Morgan fingerprint density at radius 1 is 0.818 bits per heavy atom. The van der Waals surface area contributed by atoms with E-state index in [1.54, 1.807) is 0 Å². The molecule has 0 atom stereocenters. The molecule has 0 nitrogen and oxygen atoms in total. The molecule has 0 saturated carbocycles. The topological polar surface area (TPSA) is 0 Å². The maximum absolute atomic E-state index is 12.0. The van der Waals surface area contributed by atoms with E-state index in [2.05, 4.69) is 43.9 Å². The zero-order valence-corrected chi connectivity index (χ0v) is 14.1. The van der Waals surface area contributed by atoms with Gasteiger partial charge in [-0.05, 0) is 18.6 Å². The molecule has 0 fully saturated rings. The van der Waals surface area contributed by atoms with Crippen molar-refractivity contribution in [3.8, 4) is 0 Å². The normalized spacial score (nSPS) is 10.3. The Kier molecular flexibility index (Phi) is 8.34. The largest absolute Gasteiger partial charge is 1.00 e. The minimum Gasteiger partial charge on any atom is -0.278 e. The second kappa shape index (κ2) is 8.68. The van der Waals surface area contributed by atoms with Crippen molar-refractivity contribution in [3.63, 3.8) is 0 Å². The maximum Gasteiger partial charge on any atom is 1.00 e. The molecule has 0 aliphatic rings. The van der Waals surface area contributed by atoms with Crippen LogP contribution in [-0.4, -0.2) is 19.6 Å². The molecule has 2 aromatic carbocycles. The van der Waals surface area contributed by atoms with Gasteiger partial charge in [0.2, 0.25) is 0 Å². The molecule has 0 radical (unpaired) electrons. The standard InChI is InChI=1S/C9H13P.C6F5.Ag/c1-10(2,3)9-7-5-4-6-8-9;7-2-1-3(8)5(10)6(11)4(2)9;/h4-8H,1H2,2-3H3;;/q;-1;+1. The van der Waals surface area contributed by atoms with E-state index in [-0.39, 0.29) is 22.4 Å². The van der Waals surface area contributed by atoms with Crippen LogP contribution in [0, 0.1) is 35.2 Å². The Labute approximate surface area is 141 Å². The van der Waals surface area contributed by atoms with E-state index in [1.807, 2.05) is 6.07 Å². The quantitative estimate of drug-likeness (QED) is 0.160. The van der Waals surface area contributed by atoms with E-state index >= 15 is 0 Å². The summed E-state index contributed by atoms with van der Waals surface area (Å²) in [5.41, 5.74) is 0. The van der Waals surface area contributed by atoms with Crippen molar-refractivity contribution in [2.45, 2.75) is 0 Å². The van der Waals surface area contributed by atoms with Crippen LogP contribution < -0.4 is 5.30 Å². The zero-order valence-electron chi connectivity index (χ0n) is 11.7. The second-order valence-corrected chi connectivity index (χ2v) is 8.60. The Hall–Kier alpha value is -0.870. The molecule has 0 saturated heterocycles. The molecule has 0 aliphatic carbocycles. The van der Waals surface area contributed by atoms with Crippen LogP contribution in [0.15, 0.2) is 30.3 Å². The molecule has 0 unspecified atom stereocenters. The van der Waals surface area contributed by atoms with Gasteiger partial charge in [0.05, 0.1) is 29.1 Å². The molecule has 22 heavy (non-hydrogen) atoms. The third-order valence-electron chi connectivity index (χ3n) is 2.45. The van der Waals surface area contributed by atoms with Crippen LogP contribution in [-0.2, 0) is 22.4 Å². The fraction of sp³-hybridized carbons (Fsp3) is 0.133. The SMILES string of the molecule is C=P(C)(C)c1ccccc1.Fc1[c-]c(F)c(F)c(F)c1F.[Ag+]. The van der Waals surface area contributed by atoms with Crippen LogP contribution in [0.2, 0.25) is 0 Å². The molecular weight excluding hydrogens is 414 g/mol. The molecule has 124 valence electrons. The van der Waals surface area contributed by atoms with Gasteiger partial charge in [-0.3, -0.25) is 8.78 Å². The summed E-state index contributed by atoms with van der Waals surface area (Å²) in [6.07, 6.45) is 4.15. The van der Waals surface area contributed by atoms with Crippen molar-refractivity contribution in [2.75, 3.05) is 13.3 Å². The average molecular weight is 427 g/mol. The summed E-state index contributed by atoms with van der Waals surface area (Å²) in [7, 11) is 0. The van der Waals surface area contributed by atoms with Gasteiger partial charge in [0.1, 0.15) is 0 Å². The van der Waals surface area contributed by atoms with Crippen LogP contribution in [0.1, 0.15) is 0 Å². The summed E-state index contributed by atoms with van der Waals surface area (Å²) in [6, 6.07) is 11.5. The van der Waals surface area contributed by atoms with E-state index in [0.717, 1.165) is 6.07 Å². The number of hydrogen-bond donors (Lipinski definition) is 0. The summed E-state index contributed by atoms with van der Waals surface area (Å²) >= 11 is 0. The minimum absolute atomic E-state index is 0. The third kappa shape index (κ3) is 5.73. The van der Waals surface area contributed by atoms with E-state index in [9.17, 15) is 22.0 Å². The van der Waals surface area contributed by atoms with Crippen molar-refractivity contribution in [2.24, 2.45) is 0 Å². The van der Waals surface area contributed by atoms with Crippen LogP contribution in [0.4, 0.5) is 22.0 Å². The van der Waals surface area contributed by atoms with Crippen LogP contribution >= 0.6 is 6.89 Å². The summed E-state index contributed by atoms with van der Waals surface area (Å²) in [6.45, 7) is 3.43. The Morgan fingerprint density at radius 2 is 1.23 bits per heavy atom. The molecular formula is C15H13AgF5P. The summed E-state index contributed by atoms with van der Waals surface area (Å²) in [5.74, 6) is -10.0. The van der Waals surface area contributed by atoms with Gasteiger partial charge < -0.3 is 0 Å². The maximum atomic E-state index is 12.0. The smallest absolute Gasteiger partial charge is 0.278 e. The molecule has 0 N–H and O–H groups in total. The van der Waals surface area contributed by atoms with Gasteiger partial charge in [-0.25, -0.2) is 13.2 Å². The predicted molar refractivity (Wildman–Crippen MR) is 77.0 cm³/mol. The van der Waals surface area contributed by atoms with Gasteiger partial charge in [0, 0.05) is 0 Å². The molecule has 0 amide bonds. The molecule has 7 heteroatoms. The molecule has 0 spiro atoms. The Bertz CT molecular complexity index is 641. The van der Waals surface area contributed by atoms with Gasteiger partial charge in [0.15, 0.2) is 0 Å². The van der Waals surface area contributed by atoms with Crippen LogP contribution in [0.5, 0.6) is 0 Å². The Balaban J connectivity index is 0.000000385. The van der Waals surface area contributed by atoms with E-state index in [4.69, 9.17) is 0 Å². The number of halogens is 5. The first kappa shape index (κ1) is 21.1. The van der Waals surface area contributed by atoms with Crippen molar-refractivity contribution in [3.05, 3.63) is 65.5 Å². The van der Waals surface area contributed by atoms with E-state index < -0.39 is 36.0 Å². The van der Waals surface area contributed by atoms with Crippen LogP contribution in [0.25, 0.3) is 0 Å². The van der Waals surface area contributed by atoms with E-state index in [0.29, 0.717) is 0 Å². The monoisotopic (exact) mass is 426 g/mol. The molecule has 0 bridgehead atoms. The van der Waals surface area contributed by atoms with Crippen molar-refractivity contribution in [1.82, 2.24) is 0 Å². The van der Waals surface area contributed by atoms with Gasteiger partial charge >= 0.3 is 22.4 Å². The minimum atomic E-state index is -2.17. The summed E-state index contributed by atoms with van der Waals surface area (Å²) < 4.78 is 59.9. The Morgan fingerprint density at radius 3 is 1.55 bits per heavy atom. The third-order valence-corrected chi connectivity index (χ3v) is 4.14. The molecule has 0 aromatic heterocycles. The first-order valence-corrected chi connectivity index (χ1v) is 8.66. The van der Waals surface area contributed by atoms with Crippen molar-refractivity contribution < 1.29 is 44.3 Å². The van der Waals surface area contributed by atoms with Gasteiger partial charge in [0.25, 0.3) is 0 Å².